The molecule has 0 unspecified atom stereocenters. The number of hydrogen-bond donors (Lipinski definition) is 2. The lowest BCUT2D eigenvalue weighted by Gasteiger charge is -2.10. The van der Waals surface area contributed by atoms with E-state index in [-0.39, 0.29) is 18.1 Å². The lowest BCUT2D eigenvalue weighted by atomic mass is 10.1. The van der Waals surface area contributed by atoms with Crippen molar-refractivity contribution in [2.24, 2.45) is 5.92 Å². The third-order valence-corrected chi connectivity index (χ3v) is 4.67. The number of aromatic nitrogens is 5. The van der Waals surface area contributed by atoms with E-state index >= 15 is 0 Å². The first-order chi connectivity index (χ1) is 14.8. The van der Waals surface area contributed by atoms with Crippen LogP contribution in [0.5, 0.6) is 0 Å². The number of hydrogen-bond acceptors (Lipinski definition) is 6. The number of nitrogens with one attached hydrogen (secondary N) is 2. The number of carbonyl (C=O) groups excluding carboxylic acids is 1. The van der Waals surface area contributed by atoms with E-state index in [0.717, 1.165) is 0 Å². The molecule has 4 aromatic rings. The molecule has 0 spiro atoms. The molecule has 28 heavy (non-hydrogen) atoms. The van der Waals surface area contributed by atoms with E-state index in [4.69, 9.17) is 4.11 Å². The third-order valence-electron chi connectivity index (χ3n) is 4.67. The molecule has 1 saturated carbocycles. The Morgan fingerprint density at radius 1 is 1.32 bits per heavy atom. The highest BCUT2D eigenvalue weighted by Gasteiger charge is 2.43. The second-order valence-electron chi connectivity index (χ2n) is 6.55. The third kappa shape index (κ3) is 2.72. The average Bonchev–Trinajstić information content (AvgIpc) is 3.29. The van der Waals surface area contributed by atoms with Crippen LogP contribution in [0.2, 0.25) is 0 Å². The van der Waals surface area contributed by atoms with E-state index < -0.39 is 25.0 Å². The second-order valence-corrected chi connectivity index (χ2v) is 6.55. The number of alkyl halides is 1. The van der Waals surface area contributed by atoms with Gasteiger partial charge in [-0.25, -0.2) is 23.9 Å². The first kappa shape index (κ1) is 13.5. The van der Waals surface area contributed by atoms with E-state index in [1.54, 1.807) is 22.8 Å². The zero-order valence-corrected chi connectivity index (χ0v) is 14.4. The second kappa shape index (κ2) is 6.22. The number of amides is 1. The molecule has 1 aliphatic carbocycles. The van der Waals surface area contributed by atoms with Crippen LogP contribution >= 0.6 is 0 Å². The molecule has 9 heteroatoms. The number of nitrogens with zero attached hydrogens (tertiary/aromatic N) is 5. The summed E-state index contributed by atoms with van der Waals surface area (Å²) < 4.78 is 37.3. The molecule has 0 bridgehead atoms. The highest BCUT2D eigenvalue weighted by molar-refractivity contribution is 6.03. The molecule has 4 aromatic heterocycles. The van der Waals surface area contributed by atoms with Crippen molar-refractivity contribution in [2.45, 2.75) is 12.6 Å². The Balaban J connectivity index is 1.63. The average molecular weight is 380 g/mol. The van der Waals surface area contributed by atoms with Gasteiger partial charge in [-0.05, 0) is 24.6 Å². The first-order valence-corrected chi connectivity index (χ1v) is 8.62. The summed E-state index contributed by atoms with van der Waals surface area (Å²) in [6, 6.07) is 7.03. The number of pyridine rings is 3. The predicted octanol–water partition coefficient (Wildman–Crippen LogP) is 2.68. The van der Waals surface area contributed by atoms with Gasteiger partial charge in [0.2, 0.25) is 5.91 Å². The van der Waals surface area contributed by atoms with Gasteiger partial charge in [0.15, 0.2) is 11.5 Å². The fourth-order valence-electron chi connectivity index (χ4n) is 3.08. The van der Waals surface area contributed by atoms with Gasteiger partial charge in [-0.3, -0.25) is 4.79 Å². The fourth-order valence-corrected chi connectivity index (χ4v) is 3.08. The Hall–Kier alpha value is -3.62. The van der Waals surface area contributed by atoms with Gasteiger partial charge in [0.1, 0.15) is 17.8 Å². The summed E-state index contributed by atoms with van der Waals surface area (Å²) in [5, 5.41) is 10.4. The van der Waals surface area contributed by atoms with Crippen molar-refractivity contribution < 1.29 is 13.3 Å². The summed E-state index contributed by atoms with van der Waals surface area (Å²) >= 11 is 0. The highest BCUT2D eigenvalue weighted by Crippen LogP contribution is 2.35. The van der Waals surface area contributed by atoms with Gasteiger partial charge in [-0.15, -0.1) is 5.10 Å². The molecular formula is C19H16FN7O. The molecule has 0 aromatic carbocycles. The molecule has 1 amide bonds. The van der Waals surface area contributed by atoms with Crippen LogP contribution in [-0.4, -0.2) is 43.6 Å². The van der Waals surface area contributed by atoms with Crippen LogP contribution in [0.4, 0.5) is 16.0 Å². The van der Waals surface area contributed by atoms with Gasteiger partial charge < -0.3 is 10.6 Å². The zero-order valence-electron chi connectivity index (χ0n) is 17.4. The summed E-state index contributed by atoms with van der Waals surface area (Å²) in [4.78, 5) is 25.1. The van der Waals surface area contributed by atoms with Gasteiger partial charge in [0, 0.05) is 46.0 Å². The maximum atomic E-state index is 13.2. The summed E-state index contributed by atoms with van der Waals surface area (Å²) in [6.07, 6.45) is 3.70. The smallest absolute Gasteiger partial charge is 0.231 e. The fraction of sp³-hybridized carbons (Fsp3) is 0.211. The summed E-state index contributed by atoms with van der Waals surface area (Å²) in [7, 11) is 0. The molecule has 0 saturated heterocycles. The van der Waals surface area contributed by atoms with Crippen molar-refractivity contribution in [3.8, 4) is 11.4 Å². The van der Waals surface area contributed by atoms with E-state index in [9.17, 15) is 9.18 Å². The van der Waals surface area contributed by atoms with Crippen LogP contribution in [0, 0.1) is 5.92 Å². The molecule has 1 aliphatic rings. The Bertz CT molecular complexity index is 1290. The molecule has 1 fully saturated rings. The van der Waals surface area contributed by atoms with E-state index in [1.807, 2.05) is 12.1 Å². The first-order valence-electron chi connectivity index (χ1n) is 10.1. The number of fused-ring (bicyclic) bond motifs is 2. The number of carbonyl (C=O) groups is 1. The van der Waals surface area contributed by atoms with Gasteiger partial charge >= 0.3 is 0 Å². The van der Waals surface area contributed by atoms with Crippen LogP contribution in [0.25, 0.3) is 27.8 Å². The van der Waals surface area contributed by atoms with Crippen molar-refractivity contribution in [2.75, 3.05) is 17.6 Å². The quantitative estimate of drug-likeness (QED) is 0.565. The van der Waals surface area contributed by atoms with Crippen LogP contribution in [-0.2, 0) is 4.79 Å². The summed E-state index contributed by atoms with van der Waals surface area (Å²) in [5.74, 6) is -0.408. The lowest BCUT2D eigenvalue weighted by molar-refractivity contribution is -0.117. The Morgan fingerprint density at radius 3 is 3.00 bits per heavy atom. The summed E-state index contributed by atoms with van der Waals surface area (Å²) in [5.41, 5.74) is 1.16. The SMILES string of the molecule is [2H]C([2H])([2H])Nc1ncc(-c2nc3ccccn3n2)c2cc(NC(=O)[C@@H]3C[C@@H]3F)ncc12. The van der Waals surface area contributed by atoms with E-state index in [1.165, 1.54) is 12.4 Å². The van der Waals surface area contributed by atoms with Crippen molar-refractivity contribution in [3.05, 3.63) is 42.9 Å². The van der Waals surface area contributed by atoms with Crippen LogP contribution in [0.3, 0.4) is 0 Å². The normalized spacial score (nSPS) is 20.4. The molecule has 0 aliphatic heterocycles. The largest absolute Gasteiger partial charge is 0.373 e. The molecule has 140 valence electrons. The zero-order chi connectivity index (χ0) is 21.8. The molecule has 5 rings (SSSR count). The van der Waals surface area contributed by atoms with Gasteiger partial charge in [-0.1, -0.05) is 6.07 Å². The monoisotopic (exact) mass is 380 g/mol. The van der Waals surface area contributed by atoms with Gasteiger partial charge in [0.05, 0.1) is 5.92 Å². The number of rotatable bonds is 4. The highest BCUT2D eigenvalue weighted by atomic mass is 19.1. The molecule has 0 radical (unpaired) electrons. The van der Waals surface area contributed by atoms with Crippen molar-refractivity contribution in [1.82, 2.24) is 24.6 Å². The molecule has 8 nitrogen and oxygen atoms in total. The lowest BCUT2D eigenvalue weighted by Crippen LogP contribution is -2.15. The van der Waals surface area contributed by atoms with Crippen molar-refractivity contribution in [3.63, 3.8) is 0 Å². The molecule has 2 atom stereocenters. The topological polar surface area (TPSA) is 97.1 Å². The molecule has 2 N–H and O–H groups in total. The maximum Gasteiger partial charge on any atom is 0.231 e. The van der Waals surface area contributed by atoms with Crippen molar-refractivity contribution in [1.29, 1.82) is 0 Å². The minimum Gasteiger partial charge on any atom is -0.373 e. The minimum atomic E-state index is -2.46. The van der Waals surface area contributed by atoms with E-state index in [0.29, 0.717) is 27.8 Å². The van der Waals surface area contributed by atoms with Crippen LogP contribution in [0.1, 0.15) is 10.5 Å². The Morgan fingerprint density at radius 2 is 2.21 bits per heavy atom. The van der Waals surface area contributed by atoms with E-state index in [2.05, 4.69) is 30.7 Å². The predicted molar refractivity (Wildman–Crippen MR) is 103 cm³/mol. The standard InChI is InChI=1S/C19H16FN7O/c1-21-17-12-8-22-15(24-19(28)11-6-14(11)20)7-10(12)13(9-23-17)18-25-16-4-2-3-5-27(16)26-18/h2-5,7-9,11,14H,6H2,1H3,(H,21,23)(H,22,24,28)/t11-,14+/m1/s1/i1D3. The maximum absolute atomic E-state index is 13.2. The van der Waals surface area contributed by atoms with Crippen LogP contribution < -0.4 is 10.6 Å². The molecule has 4 heterocycles. The van der Waals surface area contributed by atoms with Gasteiger partial charge in [0.25, 0.3) is 0 Å². The minimum absolute atomic E-state index is 0.110. The summed E-state index contributed by atoms with van der Waals surface area (Å²) in [6.45, 7) is -2.46. The van der Waals surface area contributed by atoms with Gasteiger partial charge in [-0.2, -0.15) is 0 Å². The Labute approximate surface area is 163 Å². The Kier molecular flexibility index (Phi) is 3.01. The van der Waals surface area contributed by atoms with Crippen LogP contribution in [0.15, 0.2) is 42.9 Å². The van der Waals surface area contributed by atoms with Crippen molar-refractivity contribution >= 4 is 34.0 Å². The number of halogens is 1. The molecular weight excluding hydrogens is 361 g/mol. The number of anilines is 2.